The van der Waals surface area contributed by atoms with E-state index in [2.05, 4.69) is 24.2 Å². The number of rotatable bonds is 1. The molecule has 0 unspecified atom stereocenters. The third kappa shape index (κ3) is 2.20. The maximum absolute atomic E-state index is 5.37. The number of ether oxygens (including phenoxy) is 1. The van der Waals surface area contributed by atoms with Crippen molar-refractivity contribution in [2.45, 2.75) is 39.2 Å². The van der Waals surface area contributed by atoms with E-state index in [1.54, 1.807) is 0 Å². The van der Waals surface area contributed by atoms with Crippen molar-refractivity contribution in [2.75, 3.05) is 13.2 Å². The van der Waals surface area contributed by atoms with Crippen LogP contribution < -0.4 is 5.32 Å². The molecule has 0 spiro atoms. The first-order chi connectivity index (χ1) is 6.75. The van der Waals surface area contributed by atoms with Crippen LogP contribution in [0.4, 0.5) is 0 Å². The highest BCUT2D eigenvalue weighted by Gasteiger charge is 2.26. The molecule has 0 aromatic rings. The third-order valence-corrected chi connectivity index (χ3v) is 3.33. The first-order valence-corrected chi connectivity index (χ1v) is 5.69. The highest BCUT2D eigenvalue weighted by molar-refractivity contribution is 5.75. The fraction of sp³-hybridized carbons (Fsp3) is 0.909. The largest absolute Gasteiger partial charge is 0.463 e. The molecular weight excluding hydrogens is 176 g/mol. The van der Waals surface area contributed by atoms with Gasteiger partial charge >= 0.3 is 0 Å². The van der Waals surface area contributed by atoms with Crippen molar-refractivity contribution in [3.05, 3.63) is 0 Å². The highest BCUT2D eigenvalue weighted by atomic mass is 16.5. The number of amidine groups is 1. The molecule has 0 aromatic carbocycles. The summed E-state index contributed by atoms with van der Waals surface area (Å²) in [5, 5.41) is 3.42. The van der Waals surface area contributed by atoms with Gasteiger partial charge in [0.25, 0.3) is 6.02 Å². The zero-order chi connectivity index (χ0) is 9.97. The Morgan fingerprint density at radius 2 is 2.21 bits per heavy atom. The summed E-state index contributed by atoms with van der Waals surface area (Å²) in [6, 6.07) is 1.35. The fourth-order valence-corrected chi connectivity index (χ4v) is 2.46. The molecule has 1 heterocycles. The van der Waals surface area contributed by atoms with Crippen molar-refractivity contribution in [3.8, 4) is 0 Å². The predicted molar refractivity (Wildman–Crippen MR) is 57.4 cm³/mol. The van der Waals surface area contributed by atoms with Crippen LogP contribution in [0.5, 0.6) is 0 Å². The molecular formula is C11H20N2O. The van der Waals surface area contributed by atoms with Crippen molar-refractivity contribution >= 4 is 6.02 Å². The van der Waals surface area contributed by atoms with Gasteiger partial charge in [0.15, 0.2) is 0 Å². The summed E-state index contributed by atoms with van der Waals surface area (Å²) in [6.45, 7) is 6.23. The van der Waals surface area contributed by atoms with Gasteiger partial charge in [-0.3, -0.25) is 0 Å². The van der Waals surface area contributed by atoms with E-state index in [-0.39, 0.29) is 0 Å². The van der Waals surface area contributed by atoms with Crippen LogP contribution in [0, 0.1) is 11.8 Å². The van der Waals surface area contributed by atoms with Gasteiger partial charge in [0, 0.05) is 6.04 Å². The SMILES string of the molecule is C[C@H]1CC[C@H](NC2=NCCO2)[C@H](C)C1. The first kappa shape index (κ1) is 9.81. The molecule has 80 valence electrons. The van der Waals surface area contributed by atoms with Crippen LogP contribution in [0.25, 0.3) is 0 Å². The number of nitrogens with one attached hydrogen (secondary N) is 1. The molecule has 0 bridgehead atoms. The van der Waals surface area contributed by atoms with E-state index in [1.165, 1.54) is 19.3 Å². The Hall–Kier alpha value is -0.730. The Morgan fingerprint density at radius 3 is 2.86 bits per heavy atom. The van der Waals surface area contributed by atoms with Crippen molar-refractivity contribution in [1.29, 1.82) is 0 Å². The van der Waals surface area contributed by atoms with Crippen molar-refractivity contribution in [2.24, 2.45) is 16.8 Å². The molecule has 14 heavy (non-hydrogen) atoms. The number of aliphatic imine (C=N–C) groups is 1. The van der Waals surface area contributed by atoms with E-state index in [1.807, 2.05) is 0 Å². The molecule has 1 fully saturated rings. The van der Waals surface area contributed by atoms with Crippen molar-refractivity contribution < 1.29 is 4.74 Å². The van der Waals surface area contributed by atoms with Crippen LogP contribution in [0.2, 0.25) is 0 Å². The van der Waals surface area contributed by atoms with Gasteiger partial charge in [-0.1, -0.05) is 13.8 Å². The van der Waals surface area contributed by atoms with Gasteiger partial charge in [-0.05, 0) is 31.1 Å². The monoisotopic (exact) mass is 196 g/mol. The van der Waals surface area contributed by atoms with Crippen LogP contribution in [-0.2, 0) is 4.74 Å². The maximum atomic E-state index is 5.37. The third-order valence-electron chi connectivity index (χ3n) is 3.33. The minimum Gasteiger partial charge on any atom is -0.463 e. The molecule has 0 radical (unpaired) electrons. The number of hydrogen-bond acceptors (Lipinski definition) is 3. The molecule has 0 aromatic heterocycles. The summed E-state index contributed by atoms with van der Waals surface area (Å²) in [4.78, 5) is 4.27. The first-order valence-electron chi connectivity index (χ1n) is 5.69. The van der Waals surface area contributed by atoms with Gasteiger partial charge < -0.3 is 10.1 Å². The molecule has 3 atom stereocenters. The second-order valence-corrected chi connectivity index (χ2v) is 4.68. The molecule has 3 heteroatoms. The van der Waals surface area contributed by atoms with Gasteiger partial charge in [-0.15, -0.1) is 0 Å². The molecule has 0 saturated heterocycles. The summed E-state index contributed by atoms with van der Waals surface area (Å²) < 4.78 is 5.37. The highest BCUT2D eigenvalue weighted by Crippen LogP contribution is 2.28. The van der Waals surface area contributed by atoms with Gasteiger partial charge in [0.2, 0.25) is 0 Å². The Morgan fingerprint density at radius 1 is 1.36 bits per heavy atom. The minimum absolute atomic E-state index is 0.572. The number of nitrogens with zero attached hydrogens (tertiary/aromatic N) is 1. The van der Waals surface area contributed by atoms with Gasteiger partial charge in [-0.25, -0.2) is 4.99 Å². The van der Waals surface area contributed by atoms with Gasteiger partial charge in [-0.2, -0.15) is 0 Å². The summed E-state index contributed by atoms with van der Waals surface area (Å²) in [5.74, 6) is 1.63. The van der Waals surface area contributed by atoms with E-state index in [9.17, 15) is 0 Å². The minimum atomic E-state index is 0.572. The second kappa shape index (κ2) is 4.20. The molecule has 1 N–H and O–H groups in total. The van der Waals surface area contributed by atoms with Crippen LogP contribution in [-0.4, -0.2) is 25.2 Å². The van der Waals surface area contributed by atoms with Crippen LogP contribution in [0.1, 0.15) is 33.1 Å². The standard InChI is InChI=1S/C11H20N2O/c1-8-3-4-10(9(2)7-8)13-11-12-5-6-14-11/h8-10H,3-7H2,1-2H3,(H,12,13)/t8-,9+,10-/m0/s1. The lowest BCUT2D eigenvalue weighted by Crippen LogP contribution is -2.42. The van der Waals surface area contributed by atoms with E-state index in [0.29, 0.717) is 6.04 Å². The second-order valence-electron chi connectivity index (χ2n) is 4.68. The van der Waals surface area contributed by atoms with Gasteiger partial charge in [0.05, 0.1) is 6.54 Å². The van der Waals surface area contributed by atoms with Crippen LogP contribution in [0.15, 0.2) is 4.99 Å². The van der Waals surface area contributed by atoms with E-state index in [0.717, 1.165) is 31.0 Å². The average molecular weight is 196 g/mol. The molecule has 1 aliphatic heterocycles. The molecule has 1 aliphatic carbocycles. The lowest BCUT2D eigenvalue weighted by molar-refractivity contribution is 0.232. The summed E-state index contributed by atoms with van der Waals surface area (Å²) in [7, 11) is 0. The lowest BCUT2D eigenvalue weighted by Gasteiger charge is -2.33. The van der Waals surface area contributed by atoms with Crippen molar-refractivity contribution in [3.63, 3.8) is 0 Å². The zero-order valence-corrected chi connectivity index (χ0v) is 9.12. The Balaban J connectivity index is 1.85. The Bertz CT molecular complexity index is 227. The lowest BCUT2D eigenvalue weighted by atomic mass is 9.80. The smallest absolute Gasteiger partial charge is 0.285 e. The molecule has 3 nitrogen and oxygen atoms in total. The summed E-state index contributed by atoms with van der Waals surface area (Å²) >= 11 is 0. The molecule has 0 amide bonds. The Kier molecular flexibility index (Phi) is 2.94. The topological polar surface area (TPSA) is 33.6 Å². The zero-order valence-electron chi connectivity index (χ0n) is 9.12. The Labute approximate surface area is 85.9 Å². The van der Waals surface area contributed by atoms with Crippen LogP contribution >= 0.6 is 0 Å². The molecule has 2 rings (SSSR count). The quantitative estimate of drug-likeness (QED) is 0.693. The van der Waals surface area contributed by atoms with Crippen molar-refractivity contribution in [1.82, 2.24) is 5.32 Å². The summed E-state index contributed by atoms with van der Waals surface area (Å²) in [5.41, 5.74) is 0. The van der Waals surface area contributed by atoms with E-state index >= 15 is 0 Å². The summed E-state index contributed by atoms with van der Waals surface area (Å²) in [6.07, 6.45) is 3.91. The normalized spacial score (nSPS) is 37.6. The number of hydrogen-bond donors (Lipinski definition) is 1. The fourth-order valence-electron chi connectivity index (χ4n) is 2.46. The molecule has 1 saturated carbocycles. The average Bonchev–Trinajstić information content (AvgIpc) is 2.62. The molecule has 2 aliphatic rings. The van der Waals surface area contributed by atoms with Gasteiger partial charge in [0.1, 0.15) is 6.61 Å². The van der Waals surface area contributed by atoms with Crippen LogP contribution in [0.3, 0.4) is 0 Å². The van der Waals surface area contributed by atoms with E-state index in [4.69, 9.17) is 4.74 Å². The predicted octanol–water partition coefficient (Wildman–Crippen LogP) is 1.79. The maximum Gasteiger partial charge on any atom is 0.285 e. The van der Waals surface area contributed by atoms with E-state index < -0.39 is 0 Å².